The predicted octanol–water partition coefficient (Wildman–Crippen LogP) is 1.23. The van der Waals surface area contributed by atoms with Gasteiger partial charge >= 0.3 is 8.25 Å². The molecule has 4 heteroatoms. The zero-order valence-electron chi connectivity index (χ0n) is 5.50. The van der Waals surface area contributed by atoms with E-state index >= 15 is 0 Å². The maximum Gasteiger partial charge on any atom is 0.320 e. The third kappa shape index (κ3) is 5.58. The summed E-state index contributed by atoms with van der Waals surface area (Å²) in [5, 5.41) is 0. The Morgan fingerprint density at radius 3 is 2.90 bits per heavy atom. The van der Waals surface area contributed by atoms with Gasteiger partial charge in [-0.25, -0.2) is 0 Å². The van der Waals surface area contributed by atoms with E-state index in [2.05, 4.69) is 21.5 Å². The number of hydrogen-bond donors (Lipinski definition) is 0. The van der Waals surface area contributed by atoms with Gasteiger partial charge in [-0.1, -0.05) is 12.0 Å². The Morgan fingerprint density at radius 2 is 2.40 bits per heavy atom. The van der Waals surface area contributed by atoms with Crippen LogP contribution in [0.3, 0.4) is 0 Å². The van der Waals surface area contributed by atoms with Crippen LogP contribution in [0.4, 0.5) is 0 Å². The van der Waals surface area contributed by atoms with Gasteiger partial charge in [-0.05, 0) is 0 Å². The Bertz CT molecular complexity index is 159. The van der Waals surface area contributed by atoms with Crippen molar-refractivity contribution < 1.29 is 13.6 Å². The van der Waals surface area contributed by atoms with Crippen molar-refractivity contribution in [2.24, 2.45) is 0 Å². The minimum atomic E-state index is -2.38. The van der Waals surface area contributed by atoms with Crippen LogP contribution in [-0.4, -0.2) is 13.2 Å². The van der Waals surface area contributed by atoms with Gasteiger partial charge in [0.05, 0.1) is 6.61 Å². The molecule has 0 aromatic heterocycles. The predicted molar refractivity (Wildman–Crippen MR) is 39.9 cm³/mol. The van der Waals surface area contributed by atoms with E-state index in [1.807, 2.05) is 0 Å². The van der Waals surface area contributed by atoms with Crippen molar-refractivity contribution >= 4 is 8.25 Å². The first-order chi connectivity index (χ1) is 4.81. The third-order valence-corrected chi connectivity index (χ3v) is 1.37. The van der Waals surface area contributed by atoms with Gasteiger partial charge in [-0.2, -0.15) is 0 Å². The zero-order valence-corrected chi connectivity index (χ0v) is 6.50. The van der Waals surface area contributed by atoms with Crippen LogP contribution in [0.25, 0.3) is 0 Å². The highest BCUT2D eigenvalue weighted by Gasteiger charge is 1.93. The average molecular weight is 160 g/mol. The molecule has 0 aliphatic carbocycles. The fourth-order valence-electron chi connectivity index (χ4n) is 0.269. The van der Waals surface area contributed by atoms with E-state index in [0.717, 1.165) is 0 Å². The molecule has 56 valence electrons. The lowest BCUT2D eigenvalue weighted by Gasteiger charge is -1.98. The molecule has 0 aromatic carbocycles. The summed E-state index contributed by atoms with van der Waals surface area (Å²) in [4.78, 5) is 0. The van der Waals surface area contributed by atoms with Crippen LogP contribution in [0.15, 0.2) is 12.7 Å². The van der Waals surface area contributed by atoms with E-state index in [1.54, 1.807) is 0 Å². The van der Waals surface area contributed by atoms with E-state index < -0.39 is 8.25 Å². The molecule has 0 heterocycles. The number of terminal acetylenes is 1. The van der Waals surface area contributed by atoms with E-state index in [4.69, 9.17) is 6.42 Å². The van der Waals surface area contributed by atoms with Crippen molar-refractivity contribution in [2.75, 3.05) is 13.2 Å². The smallest absolute Gasteiger partial charge is 0.306 e. The summed E-state index contributed by atoms with van der Waals surface area (Å²) in [5.74, 6) is 2.17. The highest BCUT2D eigenvalue weighted by molar-refractivity contribution is 7.33. The Morgan fingerprint density at radius 1 is 1.70 bits per heavy atom. The topological polar surface area (TPSA) is 35.5 Å². The third-order valence-electron chi connectivity index (χ3n) is 0.592. The van der Waals surface area contributed by atoms with Crippen molar-refractivity contribution in [2.45, 2.75) is 0 Å². The van der Waals surface area contributed by atoms with E-state index in [1.165, 1.54) is 6.08 Å². The maximum atomic E-state index is 10.6. The highest BCUT2D eigenvalue weighted by Crippen LogP contribution is 2.22. The second kappa shape index (κ2) is 6.57. The summed E-state index contributed by atoms with van der Waals surface area (Å²) in [7, 11) is -2.38. The monoisotopic (exact) mass is 160 g/mol. The molecule has 0 rings (SSSR count). The van der Waals surface area contributed by atoms with Crippen LogP contribution in [0.1, 0.15) is 0 Å². The fourth-order valence-corrected chi connectivity index (χ4v) is 0.808. The minimum absolute atomic E-state index is 0.0228. The van der Waals surface area contributed by atoms with E-state index in [-0.39, 0.29) is 13.2 Å². The van der Waals surface area contributed by atoms with Gasteiger partial charge in [0.1, 0.15) is 6.61 Å². The van der Waals surface area contributed by atoms with Crippen LogP contribution in [0.2, 0.25) is 0 Å². The molecule has 0 fully saturated rings. The molecule has 0 amide bonds. The quantitative estimate of drug-likeness (QED) is 0.344. The van der Waals surface area contributed by atoms with Gasteiger partial charge < -0.3 is 4.52 Å². The van der Waals surface area contributed by atoms with Crippen LogP contribution in [0, 0.1) is 12.3 Å². The molecule has 0 aromatic rings. The zero-order chi connectivity index (χ0) is 7.82. The van der Waals surface area contributed by atoms with Gasteiger partial charge in [0, 0.05) is 0 Å². The Balaban J connectivity index is 3.27. The molecule has 3 nitrogen and oxygen atoms in total. The molecular formula is C6H9O3P. The second-order valence-corrected chi connectivity index (χ2v) is 2.42. The van der Waals surface area contributed by atoms with E-state index in [0.29, 0.717) is 0 Å². The first kappa shape index (κ1) is 9.45. The molecule has 1 unspecified atom stereocenters. The molecular weight excluding hydrogens is 151 g/mol. The lowest BCUT2D eigenvalue weighted by atomic mass is 10.7. The van der Waals surface area contributed by atoms with Crippen LogP contribution < -0.4 is 0 Å². The number of hydrogen-bond acceptors (Lipinski definition) is 3. The summed E-state index contributed by atoms with van der Waals surface area (Å²) in [5.41, 5.74) is 0. The SMILES string of the molecule is C#CCO[PH](=O)OCC=C. The summed E-state index contributed by atoms with van der Waals surface area (Å²) >= 11 is 0. The largest absolute Gasteiger partial charge is 0.320 e. The Labute approximate surface area is 61.0 Å². The lowest BCUT2D eigenvalue weighted by molar-refractivity contribution is 0.264. The van der Waals surface area contributed by atoms with Crippen molar-refractivity contribution in [3.05, 3.63) is 12.7 Å². The first-order valence-electron chi connectivity index (χ1n) is 2.65. The lowest BCUT2D eigenvalue weighted by Crippen LogP contribution is -1.84. The van der Waals surface area contributed by atoms with Gasteiger partial charge in [0.15, 0.2) is 0 Å². The molecule has 0 saturated heterocycles. The van der Waals surface area contributed by atoms with Gasteiger partial charge in [0.25, 0.3) is 0 Å². The van der Waals surface area contributed by atoms with Crippen molar-refractivity contribution in [3.63, 3.8) is 0 Å². The molecule has 0 aliphatic heterocycles. The maximum absolute atomic E-state index is 10.6. The summed E-state index contributed by atoms with van der Waals surface area (Å²) in [6.07, 6.45) is 6.32. The van der Waals surface area contributed by atoms with Crippen LogP contribution in [0.5, 0.6) is 0 Å². The number of rotatable bonds is 5. The summed E-state index contributed by atoms with van der Waals surface area (Å²) in [6.45, 7) is 3.62. The summed E-state index contributed by atoms with van der Waals surface area (Å²) in [6, 6.07) is 0. The molecule has 0 radical (unpaired) electrons. The Hall–Kier alpha value is -0.550. The molecule has 10 heavy (non-hydrogen) atoms. The van der Waals surface area contributed by atoms with Crippen LogP contribution in [-0.2, 0) is 13.6 Å². The van der Waals surface area contributed by atoms with Gasteiger partial charge in [-0.3, -0.25) is 9.09 Å². The molecule has 0 N–H and O–H groups in total. The normalized spacial score (nSPS) is 11.9. The van der Waals surface area contributed by atoms with Crippen molar-refractivity contribution in [3.8, 4) is 12.3 Å². The van der Waals surface area contributed by atoms with E-state index in [9.17, 15) is 4.57 Å². The second-order valence-electron chi connectivity index (χ2n) is 1.34. The molecule has 0 aliphatic rings. The average Bonchev–Trinajstić information content (AvgIpc) is 1.97. The summed E-state index contributed by atoms with van der Waals surface area (Å²) < 4.78 is 19.7. The minimum Gasteiger partial charge on any atom is -0.306 e. The fraction of sp³-hybridized carbons (Fsp3) is 0.333. The van der Waals surface area contributed by atoms with Crippen LogP contribution >= 0.6 is 8.25 Å². The standard InChI is InChI=1S/C6H9O3P/c1-3-5-8-10(7)9-6-4-2/h1,4,10H,2,5-6H2. The van der Waals surface area contributed by atoms with Crippen molar-refractivity contribution in [1.82, 2.24) is 0 Å². The first-order valence-corrected chi connectivity index (χ1v) is 3.87. The highest BCUT2D eigenvalue weighted by atomic mass is 31.1. The molecule has 0 spiro atoms. The molecule has 0 saturated carbocycles. The van der Waals surface area contributed by atoms with Gasteiger partial charge in [0.2, 0.25) is 0 Å². The van der Waals surface area contributed by atoms with Crippen molar-refractivity contribution in [1.29, 1.82) is 0 Å². The molecule has 1 atom stereocenters. The Kier molecular flexibility index (Phi) is 6.21. The van der Waals surface area contributed by atoms with Gasteiger partial charge in [-0.15, -0.1) is 13.0 Å². The molecule has 0 bridgehead atoms.